The second kappa shape index (κ2) is 8.57. The van der Waals surface area contributed by atoms with Gasteiger partial charge in [0.05, 0.1) is 18.8 Å². The van der Waals surface area contributed by atoms with Crippen LogP contribution in [0.1, 0.15) is 6.92 Å². The van der Waals surface area contributed by atoms with Gasteiger partial charge in [0.2, 0.25) is 16.9 Å². The molecule has 8 heteroatoms. The van der Waals surface area contributed by atoms with Crippen LogP contribution >= 0.6 is 11.6 Å². The molecule has 0 radical (unpaired) electrons. The lowest BCUT2D eigenvalue weighted by atomic mass is 10.2. The van der Waals surface area contributed by atoms with Crippen molar-refractivity contribution in [1.29, 1.82) is 0 Å². The molecule has 1 N–H and O–H groups in total. The molecule has 7 nitrogen and oxygen atoms in total. The topological polar surface area (TPSA) is 90.9 Å². The summed E-state index contributed by atoms with van der Waals surface area (Å²) >= 11 is 6.04. The molecular weight excluding hydrogens is 422 g/mol. The summed E-state index contributed by atoms with van der Waals surface area (Å²) in [6.07, 6.45) is 0.445. The van der Waals surface area contributed by atoms with E-state index in [4.69, 9.17) is 29.9 Å². The third-order valence-corrected chi connectivity index (χ3v) is 4.81. The summed E-state index contributed by atoms with van der Waals surface area (Å²) in [7, 11) is 1.56. The van der Waals surface area contributed by atoms with Gasteiger partial charge in [-0.05, 0) is 61.5 Å². The molecule has 31 heavy (non-hydrogen) atoms. The molecule has 2 aromatic heterocycles. The molecular formula is C23H18ClNO6. The molecule has 1 unspecified atom stereocenters. The average Bonchev–Trinajstić information content (AvgIpc) is 3.31. The summed E-state index contributed by atoms with van der Waals surface area (Å²) in [5.41, 5.74) is 0.424. The number of rotatable bonds is 6. The highest BCUT2D eigenvalue weighted by Gasteiger charge is 2.24. The Morgan fingerprint density at radius 2 is 1.90 bits per heavy atom. The third kappa shape index (κ3) is 4.27. The number of hydrogen-bond donors (Lipinski definition) is 1. The van der Waals surface area contributed by atoms with Crippen molar-refractivity contribution < 1.29 is 23.1 Å². The lowest BCUT2D eigenvalue weighted by Crippen LogP contribution is -2.31. The number of hydrogen-bond acceptors (Lipinski definition) is 6. The van der Waals surface area contributed by atoms with Crippen molar-refractivity contribution in [2.45, 2.75) is 13.0 Å². The monoisotopic (exact) mass is 439 g/mol. The molecule has 0 bridgehead atoms. The van der Waals surface area contributed by atoms with Gasteiger partial charge in [-0.15, -0.1) is 0 Å². The summed E-state index contributed by atoms with van der Waals surface area (Å²) in [6.45, 7) is 1.53. The molecule has 0 aliphatic carbocycles. The number of carbonyl (C=O) groups is 1. The van der Waals surface area contributed by atoms with Crippen LogP contribution in [-0.2, 0) is 4.79 Å². The Kier molecular flexibility index (Phi) is 5.68. The molecule has 1 atom stereocenters. The van der Waals surface area contributed by atoms with E-state index in [0.29, 0.717) is 27.8 Å². The van der Waals surface area contributed by atoms with Gasteiger partial charge in [0.1, 0.15) is 11.3 Å². The van der Waals surface area contributed by atoms with Gasteiger partial charge in [0.25, 0.3) is 5.91 Å². The van der Waals surface area contributed by atoms with Gasteiger partial charge in [-0.2, -0.15) is 0 Å². The highest BCUT2D eigenvalue weighted by atomic mass is 35.5. The Hall–Kier alpha value is -3.71. The van der Waals surface area contributed by atoms with Crippen LogP contribution in [0.2, 0.25) is 5.02 Å². The Bertz CT molecular complexity index is 1280. The summed E-state index contributed by atoms with van der Waals surface area (Å²) < 4.78 is 22.2. The SMILES string of the molecule is COc1ccc(NC(=O)C(C)Oc2c(-c3ccco3)oc3ccc(Cl)cc3c2=O)cc1. The summed E-state index contributed by atoms with van der Waals surface area (Å²) in [5.74, 6) is 0.474. The zero-order valence-corrected chi connectivity index (χ0v) is 17.4. The number of furan rings is 1. The fraction of sp³-hybridized carbons (Fsp3) is 0.130. The normalized spacial score (nSPS) is 11.8. The maximum atomic E-state index is 13.2. The fourth-order valence-electron chi connectivity index (χ4n) is 2.98. The van der Waals surface area contributed by atoms with Gasteiger partial charge in [0.15, 0.2) is 11.9 Å². The first-order valence-corrected chi connectivity index (χ1v) is 9.76. The first-order chi connectivity index (χ1) is 15.0. The number of methoxy groups -OCH3 is 1. The van der Waals surface area contributed by atoms with E-state index in [1.54, 1.807) is 55.6 Å². The molecule has 4 rings (SSSR count). The van der Waals surface area contributed by atoms with Crippen molar-refractivity contribution >= 4 is 34.2 Å². The minimum atomic E-state index is -1.00. The van der Waals surface area contributed by atoms with E-state index >= 15 is 0 Å². The van der Waals surface area contributed by atoms with Crippen LogP contribution in [0.25, 0.3) is 22.5 Å². The number of fused-ring (bicyclic) bond motifs is 1. The van der Waals surface area contributed by atoms with Crippen LogP contribution in [0.15, 0.2) is 74.5 Å². The lowest BCUT2D eigenvalue weighted by molar-refractivity contribution is -0.122. The second-order valence-electron chi connectivity index (χ2n) is 6.69. The fourth-order valence-corrected chi connectivity index (χ4v) is 3.15. The standard InChI is InChI=1S/C23H18ClNO6/c1-13(23(27)25-15-6-8-16(28-2)9-7-15)30-22-20(26)17-12-14(24)5-10-18(17)31-21(22)19-4-3-11-29-19/h3-13H,1-2H3,(H,25,27). The van der Waals surface area contributed by atoms with E-state index in [9.17, 15) is 9.59 Å². The van der Waals surface area contributed by atoms with Gasteiger partial charge in [-0.3, -0.25) is 9.59 Å². The van der Waals surface area contributed by atoms with Crippen LogP contribution in [0.5, 0.6) is 11.5 Å². The molecule has 0 saturated heterocycles. The molecule has 0 spiro atoms. The number of halogens is 1. The zero-order valence-electron chi connectivity index (χ0n) is 16.7. The van der Waals surface area contributed by atoms with E-state index in [2.05, 4.69) is 5.32 Å². The van der Waals surface area contributed by atoms with E-state index < -0.39 is 17.4 Å². The zero-order chi connectivity index (χ0) is 22.0. The Morgan fingerprint density at radius 3 is 2.58 bits per heavy atom. The molecule has 0 aliphatic heterocycles. The third-order valence-electron chi connectivity index (χ3n) is 4.58. The molecule has 2 heterocycles. The Morgan fingerprint density at radius 1 is 1.13 bits per heavy atom. The van der Waals surface area contributed by atoms with Crippen LogP contribution < -0.4 is 20.2 Å². The van der Waals surface area contributed by atoms with E-state index in [-0.39, 0.29) is 16.9 Å². The highest BCUT2D eigenvalue weighted by Crippen LogP contribution is 2.32. The Labute approximate surface area is 182 Å². The smallest absolute Gasteiger partial charge is 0.265 e. The van der Waals surface area contributed by atoms with Crippen molar-refractivity contribution in [2.75, 3.05) is 12.4 Å². The van der Waals surface area contributed by atoms with Gasteiger partial charge in [0, 0.05) is 10.7 Å². The largest absolute Gasteiger partial charge is 0.497 e. The van der Waals surface area contributed by atoms with Gasteiger partial charge in [-0.25, -0.2) is 0 Å². The van der Waals surface area contributed by atoms with E-state index in [1.165, 1.54) is 19.3 Å². The summed E-state index contributed by atoms with van der Waals surface area (Å²) in [6, 6.07) is 14.8. The molecule has 0 fully saturated rings. The number of amides is 1. The minimum Gasteiger partial charge on any atom is -0.497 e. The predicted octanol–water partition coefficient (Wildman–Crippen LogP) is 5.12. The van der Waals surface area contributed by atoms with Gasteiger partial charge >= 0.3 is 0 Å². The number of benzene rings is 2. The minimum absolute atomic E-state index is 0.0916. The van der Waals surface area contributed by atoms with Crippen molar-refractivity contribution in [2.24, 2.45) is 0 Å². The molecule has 158 valence electrons. The number of ether oxygens (including phenoxy) is 2. The number of carbonyl (C=O) groups excluding carboxylic acids is 1. The number of nitrogens with one attached hydrogen (secondary N) is 1. The van der Waals surface area contributed by atoms with Crippen LogP contribution in [0.4, 0.5) is 5.69 Å². The van der Waals surface area contributed by atoms with Crippen LogP contribution in [0.3, 0.4) is 0 Å². The van der Waals surface area contributed by atoms with E-state index in [0.717, 1.165) is 0 Å². The molecule has 2 aromatic carbocycles. The molecule has 1 amide bonds. The maximum absolute atomic E-state index is 13.2. The highest BCUT2D eigenvalue weighted by molar-refractivity contribution is 6.31. The lowest BCUT2D eigenvalue weighted by Gasteiger charge is -2.16. The number of anilines is 1. The second-order valence-corrected chi connectivity index (χ2v) is 7.12. The van der Waals surface area contributed by atoms with E-state index in [1.807, 2.05) is 0 Å². The van der Waals surface area contributed by atoms with Gasteiger partial charge in [-0.1, -0.05) is 11.6 Å². The summed E-state index contributed by atoms with van der Waals surface area (Å²) in [5, 5.41) is 3.35. The molecule has 0 saturated carbocycles. The Balaban J connectivity index is 1.67. The molecule has 4 aromatic rings. The predicted molar refractivity (Wildman–Crippen MR) is 117 cm³/mol. The van der Waals surface area contributed by atoms with Crippen molar-refractivity contribution in [3.63, 3.8) is 0 Å². The van der Waals surface area contributed by atoms with Crippen molar-refractivity contribution in [3.8, 4) is 23.0 Å². The van der Waals surface area contributed by atoms with Crippen LogP contribution in [-0.4, -0.2) is 19.1 Å². The quantitative estimate of drug-likeness (QED) is 0.448. The first-order valence-electron chi connectivity index (χ1n) is 9.38. The van der Waals surface area contributed by atoms with Crippen molar-refractivity contribution in [3.05, 3.63) is 76.1 Å². The molecule has 0 aliphatic rings. The van der Waals surface area contributed by atoms with Crippen molar-refractivity contribution in [1.82, 2.24) is 0 Å². The van der Waals surface area contributed by atoms with Crippen LogP contribution in [0, 0.1) is 0 Å². The first kappa shape index (κ1) is 20.6. The summed E-state index contributed by atoms with van der Waals surface area (Å²) in [4.78, 5) is 25.8. The van der Waals surface area contributed by atoms with Gasteiger partial charge < -0.3 is 23.6 Å². The maximum Gasteiger partial charge on any atom is 0.265 e. The average molecular weight is 440 g/mol.